The van der Waals surface area contributed by atoms with Gasteiger partial charge in [-0.2, -0.15) is 0 Å². The van der Waals surface area contributed by atoms with Gasteiger partial charge < -0.3 is 20.7 Å². The molecule has 0 aliphatic carbocycles. The molecule has 31 heavy (non-hydrogen) atoms. The summed E-state index contributed by atoms with van der Waals surface area (Å²) in [5.41, 5.74) is 1.46. The zero-order valence-electron chi connectivity index (χ0n) is 16.6. The summed E-state index contributed by atoms with van der Waals surface area (Å²) in [5, 5.41) is 8.21. The molecule has 0 radical (unpaired) electrons. The second-order valence-electron chi connectivity index (χ2n) is 6.99. The van der Waals surface area contributed by atoms with Crippen molar-refractivity contribution in [3.63, 3.8) is 0 Å². The number of nitrogens with one attached hydrogen (secondary N) is 3. The number of hydrogen-bond acceptors (Lipinski definition) is 6. The number of carbonyl (C=O) groups excluding carboxylic acids is 2. The Morgan fingerprint density at radius 1 is 1.23 bits per heavy atom. The summed E-state index contributed by atoms with van der Waals surface area (Å²) in [6, 6.07) is 7.10. The highest BCUT2D eigenvalue weighted by atomic mass is 35.5. The van der Waals surface area contributed by atoms with Crippen molar-refractivity contribution >= 4 is 44.6 Å². The minimum absolute atomic E-state index is 0.00582. The molecule has 0 aromatic heterocycles. The van der Waals surface area contributed by atoms with Crippen molar-refractivity contribution in [2.45, 2.75) is 11.8 Å². The van der Waals surface area contributed by atoms with E-state index in [0.29, 0.717) is 30.1 Å². The van der Waals surface area contributed by atoms with E-state index in [1.54, 1.807) is 12.1 Å². The van der Waals surface area contributed by atoms with E-state index in [-0.39, 0.29) is 16.5 Å². The van der Waals surface area contributed by atoms with Crippen LogP contribution in [-0.2, 0) is 25.1 Å². The van der Waals surface area contributed by atoms with Crippen LogP contribution in [0.25, 0.3) is 0 Å². The lowest BCUT2D eigenvalue weighted by Gasteiger charge is -2.27. The molecule has 1 atom stereocenters. The quantitative estimate of drug-likeness (QED) is 0.511. The van der Waals surface area contributed by atoms with Crippen LogP contribution in [0.5, 0.6) is 0 Å². The molecule has 2 aromatic rings. The first-order valence-corrected chi connectivity index (χ1v) is 11.5. The second kappa shape index (κ2) is 9.63. The number of benzene rings is 2. The van der Waals surface area contributed by atoms with Crippen LogP contribution in [0, 0.1) is 5.82 Å². The van der Waals surface area contributed by atoms with Crippen LogP contribution in [0.3, 0.4) is 0 Å². The number of anilines is 2. The van der Waals surface area contributed by atoms with E-state index in [9.17, 15) is 22.4 Å². The fourth-order valence-electron chi connectivity index (χ4n) is 3.06. The number of carbonyl (C=O) groups is 2. The van der Waals surface area contributed by atoms with E-state index >= 15 is 0 Å². The van der Waals surface area contributed by atoms with Crippen molar-refractivity contribution in [3.05, 3.63) is 58.4 Å². The predicted molar refractivity (Wildman–Crippen MR) is 116 cm³/mol. The average molecular weight is 470 g/mol. The number of halogens is 2. The Labute approximate surface area is 184 Å². The number of fused-ring (bicyclic) bond motifs is 1. The standard InChI is InChI=1S/C20H21ClFN3O5S/c1-30-7-6-23-19(26)12-3-5-16-17(8-12)25-20(27)18(24-16)11-31(28,29)10-13-2-4-14(22)9-15(13)21/h2-5,8-9,18,24H,6-7,10-11H2,1H3,(H,23,26)(H,25,27)/t18-/m1/s1. The third-order valence-electron chi connectivity index (χ3n) is 4.59. The molecule has 0 fully saturated rings. The smallest absolute Gasteiger partial charge is 0.251 e. The molecule has 2 amide bonds. The molecule has 0 saturated heterocycles. The number of methoxy groups -OCH3 is 1. The molecule has 0 spiro atoms. The van der Waals surface area contributed by atoms with Gasteiger partial charge in [0, 0.05) is 24.2 Å². The monoisotopic (exact) mass is 469 g/mol. The SMILES string of the molecule is COCCNC(=O)c1ccc2c(c1)NC(=O)[C@@H](CS(=O)(=O)Cc1ccc(F)cc1Cl)N2. The maximum atomic E-state index is 13.2. The van der Waals surface area contributed by atoms with Gasteiger partial charge in [-0.1, -0.05) is 17.7 Å². The minimum Gasteiger partial charge on any atom is -0.383 e. The second-order valence-corrected chi connectivity index (χ2v) is 9.50. The van der Waals surface area contributed by atoms with Crippen molar-refractivity contribution < 1.29 is 27.1 Å². The highest BCUT2D eigenvalue weighted by Crippen LogP contribution is 2.29. The van der Waals surface area contributed by atoms with Crippen LogP contribution in [0.2, 0.25) is 5.02 Å². The maximum Gasteiger partial charge on any atom is 0.251 e. The number of sulfone groups is 1. The third kappa shape index (κ3) is 5.93. The van der Waals surface area contributed by atoms with E-state index in [1.165, 1.54) is 19.2 Å². The molecule has 3 rings (SSSR count). The van der Waals surface area contributed by atoms with Gasteiger partial charge in [0.15, 0.2) is 9.84 Å². The molecule has 1 heterocycles. The van der Waals surface area contributed by atoms with Crippen LogP contribution in [0.15, 0.2) is 36.4 Å². The largest absolute Gasteiger partial charge is 0.383 e. The van der Waals surface area contributed by atoms with Crippen molar-refractivity contribution in [1.29, 1.82) is 0 Å². The molecule has 3 N–H and O–H groups in total. The van der Waals surface area contributed by atoms with Gasteiger partial charge in [0.05, 0.1) is 29.5 Å². The van der Waals surface area contributed by atoms with Crippen molar-refractivity contribution in [2.75, 3.05) is 36.6 Å². The Bertz CT molecular complexity index is 1110. The maximum absolute atomic E-state index is 13.2. The van der Waals surface area contributed by atoms with Gasteiger partial charge in [-0.15, -0.1) is 0 Å². The Kier molecular flexibility index (Phi) is 7.14. The molecule has 8 nitrogen and oxygen atoms in total. The Balaban J connectivity index is 1.69. The zero-order chi connectivity index (χ0) is 22.6. The van der Waals surface area contributed by atoms with E-state index in [0.717, 1.165) is 12.1 Å². The van der Waals surface area contributed by atoms with Crippen LogP contribution in [-0.4, -0.2) is 52.3 Å². The molecule has 0 bridgehead atoms. The first-order valence-electron chi connectivity index (χ1n) is 9.31. The summed E-state index contributed by atoms with van der Waals surface area (Å²) in [4.78, 5) is 24.6. The summed E-state index contributed by atoms with van der Waals surface area (Å²) in [5.74, 6) is -2.34. The summed E-state index contributed by atoms with van der Waals surface area (Å²) >= 11 is 5.92. The molecule has 11 heteroatoms. The van der Waals surface area contributed by atoms with Crippen molar-refractivity contribution in [2.24, 2.45) is 0 Å². The van der Waals surface area contributed by atoms with Crippen molar-refractivity contribution in [1.82, 2.24) is 5.32 Å². The Morgan fingerprint density at radius 2 is 2.00 bits per heavy atom. The lowest BCUT2D eigenvalue weighted by atomic mass is 10.1. The van der Waals surface area contributed by atoms with Gasteiger partial charge in [0.25, 0.3) is 5.91 Å². The van der Waals surface area contributed by atoms with Crippen LogP contribution in [0.1, 0.15) is 15.9 Å². The van der Waals surface area contributed by atoms with Gasteiger partial charge >= 0.3 is 0 Å². The average Bonchev–Trinajstić information content (AvgIpc) is 2.70. The molecule has 166 valence electrons. The van der Waals surface area contributed by atoms with E-state index in [2.05, 4.69) is 16.0 Å². The minimum atomic E-state index is -3.75. The van der Waals surface area contributed by atoms with Gasteiger partial charge in [-0.3, -0.25) is 9.59 Å². The Hall–Kier alpha value is -2.69. The topological polar surface area (TPSA) is 114 Å². The summed E-state index contributed by atoms with van der Waals surface area (Å²) in [7, 11) is -2.22. The highest BCUT2D eigenvalue weighted by molar-refractivity contribution is 7.90. The van der Waals surface area contributed by atoms with Crippen molar-refractivity contribution in [3.8, 4) is 0 Å². The fraction of sp³-hybridized carbons (Fsp3) is 0.300. The third-order valence-corrected chi connectivity index (χ3v) is 6.53. The molecule has 0 unspecified atom stereocenters. The van der Waals surface area contributed by atoms with E-state index in [1.807, 2.05) is 0 Å². The molecular formula is C20H21ClFN3O5S. The summed E-state index contributed by atoms with van der Waals surface area (Å²) in [6.45, 7) is 0.712. The molecule has 1 aliphatic rings. The highest BCUT2D eigenvalue weighted by Gasteiger charge is 2.31. The predicted octanol–water partition coefficient (Wildman–Crippen LogP) is 2.20. The number of amides is 2. The normalized spacial score (nSPS) is 15.6. The summed E-state index contributed by atoms with van der Waals surface area (Å²) in [6.07, 6.45) is 0. The lowest BCUT2D eigenvalue weighted by Crippen LogP contribution is -2.43. The van der Waals surface area contributed by atoms with Gasteiger partial charge in [-0.25, -0.2) is 12.8 Å². The van der Waals surface area contributed by atoms with Gasteiger partial charge in [0.2, 0.25) is 5.91 Å². The number of rotatable bonds is 8. The molecular weight excluding hydrogens is 449 g/mol. The molecule has 0 saturated carbocycles. The van der Waals surface area contributed by atoms with Crippen LogP contribution < -0.4 is 16.0 Å². The fourth-order valence-corrected chi connectivity index (χ4v) is 4.96. The molecule has 2 aromatic carbocycles. The zero-order valence-corrected chi connectivity index (χ0v) is 18.1. The Morgan fingerprint density at radius 3 is 2.71 bits per heavy atom. The lowest BCUT2D eigenvalue weighted by molar-refractivity contribution is -0.116. The first kappa shape index (κ1) is 23.0. The van der Waals surface area contributed by atoms with Crippen LogP contribution >= 0.6 is 11.6 Å². The van der Waals surface area contributed by atoms with Crippen LogP contribution in [0.4, 0.5) is 15.8 Å². The van der Waals surface area contributed by atoms with Gasteiger partial charge in [-0.05, 0) is 35.9 Å². The number of ether oxygens (including phenoxy) is 1. The van der Waals surface area contributed by atoms with E-state index in [4.69, 9.17) is 16.3 Å². The first-order chi connectivity index (χ1) is 14.7. The van der Waals surface area contributed by atoms with E-state index < -0.39 is 39.1 Å². The van der Waals surface area contributed by atoms with Gasteiger partial charge in [0.1, 0.15) is 11.9 Å². The summed E-state index contributed by atoms with van der Waals surface area (Å²) < 4.78 is 43.2. The number of hydrogen-bond donors (Lipinski definition) is 3. The molecule has 1 aliphatic heterocycles.